The van der Waals surface area contributed by atoms with Crippen LogP contribution in [-0.4, -0.2) is 28.6 Å². The van der Waals surface area contributed by atoms with Gasteiger partial charge < -0.3 is 5.73 Å². The van der Waals surface area contributed by atoms with Crippen molar-refractivity contribution in [1.29, 1.82) is 0 Å². The second-order valence-electron chi connectivity index (χ2n) is 5.58. The van der Waals surface area contributed by atoms with Crippen LogP contribution in [0.2, 0.25) is 0 Å². The van der Waals surface area contributed by atoms with Gasteiger partial charge in [0, 0.05) is 17.1 Å². The van der Waals surface area contributed by atoms with Crippen LogP contribution in [0.25, 0.3) is 0 Å². The SMILES string of the molecule is C#CCN1C(C)(C)CC(N)CC1(C)C. The molecule has 1 fully saturated rings. The molecule has 0 radical (unpaired) electrons. The van der Waals surface area contributed by atoms with E-state index in [1.165, 1.54) is 0 Å². The molecule has 0 unspecified atom stereocenters. The molecule has 2 N–H and O–H groups in total. The van der Waals surface area contributed by atoms with Crippen LogP contribution in [0, 0.1) is 12.3 Å². The normalized spacial score (nSPS) is 27.1. The lowest BCUT2D eigenvalue weighted by molar-refractivity contribution is -0.0230. The Balaban J connectivity index is 2.92. The van der Waals surface area contributed by atoms with Gasteiger partial charge in [0.05, 0.1) is 6.54 Å². The largest absolute Gasteiger partial charge is 0.328 e. The number of likely N-dealkylation sites (tertiary alicyclic amines) is 1. The zero-order valence-electron chi connectivity index (χ0n) is 9.80. The molecule has 0 aromatic carbocycles. The van der Waals surface area contributed by atoms with Crippen LogP contribution in [0.5, 0.6) is 0 Å². The van der Waals surface area contributed by atoms with Crippen molar-refractivity contribution < 1.29 is 0 Å². The fourth-order valence-electron chi connectivity index (χ4n) is 2.91. The molecule has 1 aliphatic heterocycles. The Labute approximate surface area is 87.8 Å². The van der Waals surface area contributed by atoms with E-state index in [4.69, 9.17) is 12.2 Å². The Hall–Kier alpha value is -0.520. The quantitative estimate of drug-likeness (QED) is 0.642. The van der Waals surface area contributed by atoms with Crippen LogP contribution in [0.3, 0.4) is 0 Å². The van der Waals surface area contributed by atoms with Gasteiger partial charge in [0.2, 0.25) is 0 Å². The minimum absolute atomic E-state index is 0.119. The highest BCUT2D eigenvalue weighted by Gasteiger charge is 2.43. The Morgan fingerprint density at radius 2 is 1.71 bits per heavy atom. The predicted octanol–water partition coefficient (Wildman–Crippen LogP) is 1.60. The van der Waals surface area contributed by atoms with Crippen LogP contribution < -0.4 is 5.73 Å². The molecule has 0 aromatic heterocycles. The van der Waals surface area contributed by atoms with Gasteiger partial charge in [-0.2, -0.15) is 0 Å². The van der Waals surface area contributed by atoms with E-state index in [1.54, 1.807) is 0 Å². The third-order valence-corrected chi connectivity index (χ3v) is 3.23. The highest BCUT2D eigenvalue weighted by atomic mass is 15.3. The third kappa shape index (κ3) is 2.10. The summed E-state index contributed by atoms with van der Waals surface area (Å²) < 4.78 is 0. The zero-order chi connectivity index (χ0) is 11.0. The summed E-state index contributed by atoms with van der Waals surface area (Å²) in [7, 11) is 0. The summed E-state index contributed by atoms with van der Waals surface area (Å²) in [5.41, 5.74) is 6.30. The lowest BCUT2D eigenvalue weighted by Gasteiger charge is -2.54. The van der Waals surface area contributed by atoms with E-state index in [0.29, 0.717) is 12.6 Å². The third-order valence-electron chi connectivity index (χ3n) is 3.23. The van der Waals surface area contributed by atoms with Gasteiger partial charge >= 0.3 is 0 Å². The van der Waals surface area contributed by atoms with E-state index in [-0.39, 0.29) is 11.1 Å². The zero-order valence-corrected chi connectivity index (χ0v) is 9.80. The van der Waals surface area contributed by atoms with Crippen LogP contribution in [-0.2, 0) is 0 Å². The van der Waals surface area contributed by atoms with Crippen molar-refractivity contribution in [1.82, 2.24) is 4.90 Å². The first kappa shape index (κ1) is 11.6. The van der Waals surface area contributed by atoms with Crippen LogP contribution in [0.15, 0.2) is 0 Å². The Morgan fingerprint density at radius 1 is 1.29 bits per heavy atom. The summed E-state index contributed by atoms with van der Waals surface area (Å²) in [6.07, 6.45) is 7.47. The monoisotopic (exact) mass is 194 g/mol. The molecule has 1 aliphatic rings. The molecule has 0 aliphatic carbocycles. The number of piperidine rings is 1. The molecule has 1 rings (SSSR count). The molecule has 1 heterocycles. The molecule has 2 nitrogen and oxygen atoms in total. The first-order valence-corrected chi connectivity index (χ1v) is 5.26. The predicted molar refractivity (Wildman–Crippen MR) is 60.9 cm³/mol. The average molecular weight is 194 g/mol. The minimum atomic E-state index is 0.119. The second kappa shape index (κ2) is 3.56. The van der Waals surface area contributed by atoms with Crippen molar-refractivity contribution in [2.24, 2.45) is 5.73 Å². The molecular weight excluding hydrogens is 172 g/mol. The number of hydrogen-bond donors (Lipinski definition) is 1. The van der Waals surface area contributed by atoms with E-state index in [0.717, 1.165) is 12.8 Å². The van der Waals surface area contributed by atoms with Crippen LogP contribution in [0.4, 0.5) is 0 Å². The van der Waals surface area contributed by atoms with E-state index in [2.05, 4.69) is 38.5 Å². The number of rotatable bonds is 1. The molecule has 0 amide bonds. The van der Waals surface area contributed by atoms with Gasteiger partial charge in [-0.15, -0.1) is 6.42 Å². The summed E-state index contributed by atoms with van der Waals surface area (Å²) in [6, 6.07) is 0.300. The van der Waals surface area contributed by atoms with Gasteiger partial charge in [0.25, 0.3) is 0 Å². The van der Waals surface area contributed by atoms with Crippen molar-refractivity contribution >= 4 is 0 Å². The molecule has 0 bridgehead atoms. The average Bonchev–Trinajstić information content (AvgIpc) is 1.94. The summed E-state index contributed by atoms with van der Waals surface area (Å²) in [5.74, 6) is 2.75. The van der Waals surface area contributed by atoms with Gasteiger partial charge in [-0.3, -0.25) is 4.90 Å². The molecule has 0 spiro atoms. The summed E-state index contributed by atoms with van der Waals surface area (Å²) in [5, 5.41) is 0. The van der Waals surface area contributed by atoms with Gasteiger partial charge in [0.1, 0.15) is 0 Å². The Kier molecular flexibility index (Phi) is 2.94. The maximum absolute atomic E-state index is 6.07. The molecule has 0 saturated carbocycles. The summed E-state index contributed by atoms with van der Waals surface area (Å²) >= 11 is 0. The van der Waals surface area contributed by atoms with E-state index >= 15 is 0 Å². The molecule has 0 aromatic rings. The topological polar surface area (TPSA) is 29.3 Å². The molecule has 2 heteroatoms. The highest BCUT2D eigenvalue weighted by Crippen LogP contribution is 2.37. The van der Waals surface area contributed by atoms with Gasteiger partial charge in [0.15, 0.2) is 0 Å². The van der Waals surface area contributed by atoms with Crippen molar-refractivity contribution in [2.45, 2.75) is 57.7 Å². The van der Waals surface area contributed by atoms with E-state index in [1.807, 2.05) is 0 Å². The molecular formula is C12H22N2. The maximum atomic E-state index is 6.07. The van der Waals surface area contributed by atoms with Crippen molar-refractivity contribution in [3.8, 4) is 12.3 Å². The molecule has 0 atom stereocenters. The Bertz CT molecular complexity index is 230. The minimum Gasteiger partial charge on any atom is -0.328 e. The smallest absolute Gasteiger partial charge is 0.0608 e. The fraction of sp³-hybridized carbons (Fsp3) is 0.833. The van der Waals surface area contributed by atoms with E-state index in [9.17, 15) is 0 Å². The van der Waals surface area contributed by atoms with Crippen molar-refractivity contribution in [3.05, 3.63) is 0 Å². The fourth-order valence-corrected chi connectivity index (χ4v) is 2.91. The Morgan fingerprint density at radius 3 is 2.07 bits per heavy atom. The lowest BCUT2D eigenvalue weighted by atomic mass is 9.77. The molecule has 1 saturated heterocycles. The number of hydrogen-bond acceptors (Lipinski definition) is 2. The first-order valence-electron chi connectivity index (χ1n) is 5.26. The van der Waals surface area contributed by atoms with Crippen molar-refractivity contribution in [2.75, 3.05) is 6.54 Å². The first-order chi connectivity index (χ1) is 6.29. The maximum Gasteiger partial charge on any atom is 0.0608 e. The van der Waals surface area contributed by atoms with Crippen LogP contribution >= 0.6 is 0 Å². The molecule has 14 heavy (non-hydrogen) atoms. The second-order valence-corrected chi connectivity index (χ2v) is 5.58. The van der Waals surface area contributed by atoms with Crippen LogP contribution in [0.1, 0.15) is 40.5 Å². The van der Waals surface area contributed by atoms with Gasteiger partial charge in [-0.1, -0.05) is 5.92 Å². The summed E-state index contributed by atoms with van der Waals surface area (Å²) in [6.45, 7) is 9.62. The number of terminal acetylenes is 1. The van der Waals surface area contributed by atoms with Gasteiger partial charge in [-0.25, -0.2) is 0 Å². The summed E-state index contributed by atoms with van der Waals surface area (Å²) in [4.78, 5) is 2.39. The number of nitrogens with two attached hydrogens (primary N) is 1. The molecule has 80 valence electrons. The standard InChI is InChI=1S/C12H22N2/c1-6-7-14-11(2,3)8-10(13)9-12(14,4)5/h1,10H,7-9,13H2,2-5H3. The van der Waals surface area contributed by atoms with Crippen molar-refractivity contribution in [3.63, 3.8) is 0 Å². The van der Waals surface area contributed by atoms with E-state index < -0.39 is 0 Å². The van der Waals surface area contributed by atoms with Gasteiger partial charge in [-0.05, 0) is 40.5 Å². The number of nitrogens with zero attached hydrogens (tertiary/aromatic N) is 1. The highest BCUT2D eigenvalue weighted by molar-refractivity contribution is 5.05. The lowest BCUT2D eigenvalue weighted by Crippen LogP contribution is -2.63.